The molecule has 0 saturated carbocycles. The first kappa shape index (κ1) is 11.9. The first-order valence-corrected chi connectivity index (χ1v) is 6.08. The van der Waals surface area contributed by atoms with Crippen LogP contribution in [0.15, 0.2) is 12.1 Å². The fraction of sp³-hybridized carbons (Fsp3) is 0.500. The minimum Gasteiger partial charge on any atom is -0.491 e. The molecule has 1 heterocycles. The molecule has 3 heteroatoms. The van der Waals surface area contributed by atoms with Gasteiger partial charge in [0.1, 0.15) is 12.4 Å². The predicted octanol–water partition coefficient (Wildman–Crippen LogP) is 2.31. The quantitative estimate of drug-likeness (QED) is 0.866. The summed E-state index contributed by atoms with van der Waals surface area (Å²) in [7, 11) is 0. The summed E-state index contributed by atoms with van der Waals surface area (Å²) in [5.41, 5.74) is 2.78. The minimum absolute atomic E-state index is 0.476. The van der Waals surface area contributed by atoms with Crippen molar-refractivity contribution in [1.29, 1.82) is 5.26 Å². The van der Waals surface area contributed by atoms with Crippen molar-refractivity contribution in [2.24, 2.45) is 0 Å². The lowest BCUT2D eigenvalue weighted by molar-refractivity contribution is 0.274. The fourth-order valence-electron chi connectivity index (χ4n) is 2.33. The van der Waals surface area contributed by atoms with E-state index in [1.54, 1.807) is 0 Å². The third-order valence-corrected chi connectivity index (χ3v) is 3.18. The van der Waals surface area contributed by atoms with Crippen LogP contribution in [-0.4, -0.2) is 19.2 Å². The van der Waals surface area contributed by atoms with Crippen molar-refractivity contribution in [3.05, 3.63) is 28.8 Å². The number of hydrogen-bond donors (Lipinski definition) is 1. The van der Waals surface area contributed by atoms with Gasteiger partial charge < -0.3 is 10.1 Å². The first-order chi connectivity index (χ1) is 8.20. The Hall–Kier alpha value is -1.53. The molecule has 1 N–H and O–H groups in total. The summed E-state index contributed by atoms with van der Waals surface area (Å²) in [4.78, 5) is 0. The molecule has 0 bridgehead atoms. The van der Waals surface area contributed by atoms with Crippen LogP contribution in [0.5, 0.6) is 5.75 Å². The highest BCUT2D eigenvalue weighted by atomic mass is 16.5. The SMILES string of the molecule is Cc1cc(C#N)cc(C)c1OCC1CCCN1. The molecule has 1 fully saturated rings. The molecule has 90 valence electrons. The molecule has 0 aromatic heterocycles. The van der Waals surface area contributed by atoms with Crippen LogP contribution in [-0.2, 0) is 0 Å². The standard InChI is InChI=1S/C14H18N2O/c1-10-6-12(8-15)7-11(2)14(10)17-9-13-4-3-5-16-13/h6-7,13,16H,3-5,9H2,1-2H3. The smallest absolute Gasteiger partial charge is 0.125 e. The highest BCUT2D eigenvalue weighted by molar-refractivity contribution is 5.47. The number of nitrogens with zero attached hydrogens (tertiary/aromatic N) is 1. The van der Waals surface area contributed by atoms with E-state index < -0.39 is 0 Å². The second kappa shape index (κ2) is 5.20. The average Bonchev–Trinajstić information content (AvgIpc) is 2.80. The Morgan fingerprint density at radius 3 is 2.65 bits per heavy atom. The van der Waals surface area contributed by atoms with Crippen molar-refractivity contribution in [1.82, 2.24) is 5.32 Å². The molecular formula is C14H18N2O. The summed E-state index contributed by atoms with van der Waals surface area (Å²) >= 11 is 0. The molecule has 1 atom stereocenters. The van der Waals surface area contributed by atoms with Gasteiger partial charge in [0, 0.05) is 6.04 Å². The van der Waals surface area contributed by atoms with Gasteiger partial charge in [-0.2, -0.15) is 5.26 Å². The third kappa shape index (κ3) is 2.78. The minimum atomic E-state index is 0.476. The molecule has 1 aliphatic rings. The summed E-state index contributed by atoms with van der Waals surface area (Å²) in [5, 5.41) is 12.3. The molecule has 0 amide bonds. The van der Waals surface area contributed by atoms with Gasteiger partial charge in [0.15, 0.2) is 0 Å². The van der Waals surface area contributed by atoms with Crippen LogP contribution in [0.25, 0.3) is 0 Å². The number of nitrogens with one attached hydrogen (secondary N) is 1. The molecule has 0 radical (unpaired) electrons. The van der Waals surface area contributed by atoms with E-state index >= 15 is 0 Å². The van der Waals surface area contributed by atoms with Crippen LogP contribution in [0.3, 0.4) is 0 Å². The van der Waals surface area contributed by atoms with Gasteiger partial charge in [-0.25, -0.2) is 0 Å². The van der Waals surface area contributed by atoms with E-state index in [0.29, 0.717) is 18.2 Å². The maximum atomic E-state index is 8.88. The predicted molar refractivity (Wildman–Crippen MR) is 67.2 cm³/mol. The van der Waals surface area contributed by atoms with Gasteiger partial charge >= 0.3 is 0 Å². The van der Waals surface area contributed by atoms with E-state index in [1.165, 1.54) is 12.8 Å². The maximum absolute atomic E-state index is 8.88. The Bertz CT molecular complexity index is 419. The molecule has 1 aromatic rings. The average molecular weight is 230 g/mol. The lowest BCUT2D eigenvalue weighted by Gasteiger charge is -2.16. The monoisotopic (exact) mass is 230 g/mol. The number of nitriles is 1. The zero-order chi connectivity index (χ0) is 12.3. The number of benzene rings is 1. The molecule has 3 nitrogen and oxygen atoms in total. The van der Waals surface area contributed by atoms with Crippen LogP contribution in [0, 0.1) is 25.2 Å². The van der Waals surface area contributed by atoms with Crippen LogP contribution in [0.2, 0.25) is 0 Å². The molecule has 1 aliphatic heterocycles. The molecule has 0 spiro atoms. The highest BCUT2D eigenvalue weighted by Crippen LogP contribution is 2.25. The summed E-state index contributed by atoms with van der Waals surface area (Å²) < 4.78 is 5.88. The second-order valence-electron chi connectivity index (χ2n) is 4.66. The Kier molecular flexibility index (Phi) is 3.65. The van der Waals surface area contributed by atoms with Gasteiger partial charge in [0.05, 0.1) is 11.6 Å². The van der Waals surface area contributed by atoms with Gasteiger partial charge in [-0.05, 0) is 56.5 Å². The molecule has 1 saturated heterocycles. The topological polar surface area (TPSA) is 45.0 Å². The molecule has 17 heavy (non-hydrogen) atoms. The molecule has 1 aromatic carbocycles. The number of ether oxygens (including phenoxy) is 1. The van der Waals surface area contributed by atoms with Crippen LogP contribution in [0.4, 0.5) is 0 Å². The maximum Gasteiger partial charge on any atom is 0.125 e. The van der Waals surface area contributed by atoms with Gasteiger partial charge in [-0.1, -0.05) is 0 Å². The molecular weight excluding hydrogens is 212 g/mol. The first-order valence-electron chi connectivity index (χ1n) is 6.08. The van der Waals surface area contributed by atoms with Crippen molar-refractivity contribution in [2.75, 3.05) is 13.2 Å². The zero-order valence-electron chi connectivity index (χ0n) is 10.4. The fourth-order valence-corrected chi connectivity index (χ4v) is 2.33. The second-order valence-corrected chi connectivity index (χ2v) is 4.66. The van der Waals surface area contributed by atoms with Crippen molar-refractivity contribution in [3.8, 4) is 11.8 Å². The van der Waals surface area contributed by atoms with Gasteiger partial charge in [-0.15, -0.1) is 0 Å². The lowest BCUT2D eigenvalue weighted by Crippen LogP contribution is -2.28. The number of rotatable bonds is 3. The van der Waals surface area contributed by atoms with E-state index in [2.05, 4.69) is 11.4 Å². The Morgan fingerprint density at radius 1 is 1.41 bits per heavy atom. The number of hydrogen-bond acceptors (Lipinski definition) is 3. The van der Waals surface area contributed by atoms with E-state index in [1.807, 2.05) is 26.0 Å². The van der Waals surface area contributed by atoms with Crippen molar-refractivity contribution in [3.63, 3.8) is 0 Å². The molecule has 1 unspecified atom stereocenters. The van der Waals surface area contributed by atoms with Gasteiger partial charge in [0.2, 0.25) is 0 Å². The van der Waals surface area contributed by atoms with Crippen LogP contribution >= 0.6 is 0 Å². The Balaban J connectivity index is 2.07. The van der Waals surface area contributed by atoms with Gasteiger partial charge in [-0.3, -0.25) is 0 Å². The normalized spacial score (nSPS) is 19.0. The van der Waals surface area contributed by atoms with Crippen molar-refractivity contribution < 1.29 is 4.74 Å². The van der Waals surface area contributed by atoms with E-state index in [0.717, 1.165) is 23.4 Å². The Morgan fingerprint density at radius 2 is 2.12 bits per heavy atom. The molecule has 2 rings (SSSR count). The zero-order valence-corrected chi connectivity index (χ0v) is 10.4. The van der Waals surface area contributed by atoms with Gasteiger partial charge in [0.25, 0.3) is 0 Å². The van der Waals surface area contributed by atoms with Crippen LogP contribution < -0.4 is 10.1 Å². The summed E-state index contributed by atoms with van der Waals surface area (Å²) in [6, 6.07) is 6.40. The summed E-state index contributed by atoms with van der Waals surface area (Å²) in [6.07, 6.45) is 2.42. The third-order valence-electron chi connectivity index (χ3n) is 3.18. The van der Waals surface area contributed by atoms with E-state index in [4.69, 9.17) is 10.00 Å². The summed E-state index contributed by atoms with van der Waals surface area (Å²) in [6.45, 7) is 5.80. The van der Waals surface area contributed by atoms with Crippen LogP contribution in [0.1, 0.15) is 29.5 Å². The Labute approximate surface area is 102 Å². The van der Waals surface area contributed by atoms with E-state index in [9.17, 15) is 0 Å². The lowest BCUT2D eigenvalue weighted by atomic mass is 10.1. The number of aryl methyl sites for hydroxylation is 2. The summed E-state index contributed by atoms with van der Waals surface area (Å²) in [5.74, 6) is 0.928. The van der Waals surface area contributed by atoms with E-state index in [-0.39, 0.29) is 0 Å². The highest BCUT2D eigenvalue weighted by Gasteiger charge is 2.15. The largest absolute Gasteiger partial charge is 0.491 e. The van der Waals surface area contributed by atoms with Crippen molar-refractivity contribution >= 4 is 0 Å². The molecule has 0 aliphatic carbocycles. The van der Waals surface area contributed by atoms with Crippen molar-refractivity contribution in [2.45, 2.75) is 32.7 Å².